The zero-order valence-electron chi connectivity index (χ0n) is 11.5. The summed E-state index contributed by atoms with van der Waals surface area (Å²) >= 11 is 4.61. The molecule has 0 saturated carbocycles. The first-order valence-electron chi connectivity index (χ1n) is 6.21. The van der Waals surface area contributed by atoms with Gasteiger partial charge in [0.1, 0.15) is 5.69 Å². The van der Waals surface area contributed by atoms with Crippen LogP contribution in [0.15, 0.2) is 38.7 Å². The summed E-state index contributed by atoms with van der Waals surface area (Å²) in [6.45, 7) is 4.19. The van der Waals surface area contributed by atoms with Crippen LogP contribution in [0.3, 0.4) is 0 Å². The molecule has 8 heteroatoms. The van der Waals surface area contributed by atoms with Crippen LogP contribution in [0.4, 0.5) is 11.6 Å². The molecular formula is C13H13BrN4O2S. The molecule has 0 radical (unpaired) electrons. The van der Waals surface area contributed by atoms with E-state index in [1.807, 2.05) is 31.2 Å². The highest BCUT2D eigenvalue weighted by Crippen LogP contribution is 2.35. The summed E-state index contributed by atoms with van der Waals surface area (Å²) in [6.07, 6.45) is 0. The van der Waals surface area contributed by atoms with Gasteiger partial charge in [-0.1, -0.05) is 27.7 Å². The van der Waals surface area contributed by atoms with Gasteiger partial charge in [-0.25, -0.2) is 4.98 Å². The summed E-state index contributed by atoms with van der Waals surface area (Å²) in [5.74, 6) is 0.403. The number of aryl methyl sites for hydroxylation is 1. The maximum absolute atomic E-state index is 11.2. The molecule has 0 bridgehead atoms. The fourth-order valence-electron chi connectivity index (χ4n) is 1.67. The predicted octanol–water partition coefficient (Wildman–Crippen LogP) is 4.04. The fourth-order valence-corrected chi connectivity index (χ4v) is 2.88. The third kappa shape index (κ3) is 3.92. The van der Waals surface area contributed by atoms with Gasteiger partial charge in [-0.15, -0.1) is 0 Å². The third-order valence-electron chi connectivity index (χ3n) is 2.57. The largest absolute Gasteiger partial charge is 0.354 e. The first-order chi connectivity index (χ1) is 10.0. The molecule has 110 valence electrons. The Morgan fingerprint density at radius 2 is 2.00 bits per heavy atom. The van der Waals surface area contributed by atoms with Crippen LogP contribution in [-0.2, 0) is 0 Å². The van der Waals surface area contributed by atoms with E-state index < -0.39 is 4.92 Å². The molecule has 0 aliphatic rings. The van der Waals surface area contributed by atoms with Crippen molar-refractivity contribution in [3.05, 3.63) is 44.5 Å². The van der Waals surface area contributed by atoms with Crippen LogP contribution in [-0.4, -0.2) is 21.4 Å². The van der Waals surface area contributed by atoms with Gasteiger partial charge in [0.05, 0.1) is 4.92 Å². The SMILES string of the molecule is CCNc1nc(C)c([N+](=O)[O-])c(Sc2ccc(Br)cc2)n1. The van der Waals surface area contributed by atoms with Crippen LogP contribution in [0.2, 0.25) is 0 Å². The molecule has 1 heterocycles. The quantitative estimate of drug-likeness (QED) is 0.487. The summed E-state index contributed by atoms with van der Waals surface area (Å²) in [5.41, 5.74) is 0.301. The number of hydrogen-bond donors (Lipinski definition) is 1. The molecule has 0 aliphatic carbocycles. The highest BCUT2D eigenvalue weighted by Gasteiger charge is 2.22. The van der Waals surface area contributed by atoms with Crippen molar-refractivity contribution in [1.82, 2.24) is 9.97 Å². The van der Waals surface area contributed by atoms with E-state index in [1.165, 1.54) is 11.8 Å². The van der Waals surface area contributed by atoms with E-state index in [0.717, 1.165) is 9.37 Å². The lowest BCUT2D eigenvalue weighted by atomic mass is 10.4. The summed E-state index contributed by atoms with van der Waals surface area (Å²) < 4.78 is 0.952. The van der Waals surface area contributed by atoms with Crippen molar-refractivity contribution < 1.29 is 4.92 Å². The molecule has 2 aromatic rings. The Labute approximate surface area is 134 Å². The highest BCUT2D eigenvalue weighted by molar-refractivity contribution is 9.10. The van der Waals surface area contributed by atoms with E-state index in [-0.39, 0.29) is 5.69 Å². The number of aromatic nitrogens is 2. The third-order valence-corrected chi connectivity index (χ3v) is 4.09. The lowest BCUT2D eigenvalue weighted by molar-refractivity contribution is -0.389. The molecule has 1 N–H and O–H groups in total. The Hall–Kier alpha value is -1.67. The van der Waals surface area contributed by atoms with Gasteiger partial charge in [0.15, 0.2) is 5.03 Å². The predicted molar refractivity (Wildman–Crippen MR) is 85.9 cm³/mol. The van der Waals surface area contributed by atoms with E-state index in [0.29, 0.717) is 23.2 Å². The Bertz CT molecular complexity index is 664. The molecule has 0 fully saturated rings. The minimum Gasteiger partial charge on any atom is -0.354 e. The van der Waals surface area contributed by atoms with Gasteiger partial charge in [-0.05, 0) is 38.1 Å². The number of hydrogen-bond acceptors (Lipinski definition) is 6. The number of benzene rings is 1. The van der Waals surface area contributed by atoms with Gasteiger partial charge in [0.25, 0.3) is 0 Å². The first kappa shape index (κ1) is 15.7. The van der Waals surface area contributed by atoms with E-state index in [4.69, 9.17) is 0 Å². The number of nitro groups is 1. The minimum atomic E-state index is -0.438. The molecule has 0 saturated heterocycles. The Kier molecular flexibility index (Phi) is 5.13. The van der Waals surface area contributed by atoms with Crippen LogP contribution in [0, 0.1) is 17.0 Å². The maximum atomic E-state index is 11.2. The van der Waals surface area contributed by atoms with E-state index in [1.54, 1.807) is 6.92 Å². The normalized spacial score (nSPS) is 10.4. The molecular weight excluding hydrogens is 356 g/mol. The van der Waals surface area contributed by atoms with Gasteiger partial charge in [0, 0.05) is 15.9 Å². The molecule has 0 unspecified atom stereocenters. The summed E-state index contributed by atoms with van der Waals surface area (Å²) in [5, 5.41) is 14.6. The van der Waals surface area contributed by atoms with Crippen molar-refractivity contribution in [3.8, 4) is 0 Å². The molecule has 21 heavy (non-hydrogen) atoms. The van der Waals surface area contributed by atoms with Crippen molar-refractivity contribution in [1.29, 1.82) is 0 Å². The molecule has 0 atom stereocenters. The molecule has 6 nitrogen and oxygen atoms in total. The molecule has 1 aromatic carbocycles. The van der Waals surface area contributed by atoms with Gasteiger partial charge in [-0.3, -0.25) is 10.1 Å². The zero-order chi connectivity index (χ0) is 15.4. The van der Waals surface area contributed by atoms with E-state index in [2.05, 4.69) is 31.2 Å². The first-order valence-corrected chi connectivity index (χ1v) is 7.82. The average Bonchev–Trinajstić information content (AvgIpc) is 2.41. The van der Waals surface area contributed by atoms with Crippen LogP contribution in [0.1, 0.15) is 12.6 Å². The molecule has 0 aliphatic heterocycles. The molecule has 1 aromatic heterocycles. The lowest BCUT2D eigenvalue weighted by Gasteiger charge is -2.08. The Morgan fingerprint density at radius 1 is 1.33 bits per heavy atom. The van der Waals surface area contributed by atoms with Crippen molar-refractivity contribution in [2.75, 3.05) is 11.9 Å². The monoisotopic (exact) mass is 368 g/mol. The number of rotatable bonds is 5. The van der Waals surface area contributed by atoms with Gasteiger partial charge in [0.2, 0.25) is 5.95 Å². The van der Waals surface area contributed by atoms with Crippen LogP contribution < -0.4 is 5.32 Å². The van der Waals surface area contributed by atoms with Crippen molar-refractivity contribution in [2.24, 2.45) is 0 Å². The van der Waals surface area contributed by atoms with Crippen LogP contribution >= 0.6 is 27.7 Å². The number of nitrogens with one attached hydrogen (secondary N) is 1. The second-order valence-electron chi connectivity index (χ2n) is 4.13. The fraction of sp³-hybridized carbons (Fsp3) is 0.231. The molecule has 2 rings (SSSR count). The van der Waals surface area contributed by atoms with Gasteiger partial charge >= 0.3 is 5.69 Å². The number of halogens is 1. The van der Waals surface area contributed by atoms with Crippen LogP contribution in [0.5, 0.6) is 0 Å². The molecule has 0 spiro atoms. The molecule has 0 amide bonds. The topological polar surface area (TPSA) is 81.0 Å². The second-order valence-corrected chi connectivity index (χ2v) is 6.11. The lowest BCUT2D eigenvalue weighted by Crippen LogP contribution is -2.07. The van der Waals surface area contributed by atoms with E-state index >= 15 is 0 Å². The van der Waals surface area contributed by atoms with Crippen molar-refractivity contribution >= 4 is 39.3 Å². The zero-order valence-corrected chi connectivity index (χ0v) is 13.9. The number of anilines is 1. The standard InChI is InChI=1S/C13H13BrN4O2S/c1-3-15-13-16-8(2)11(18(19)20)12(17-13)21-10-6-4-9(14)5-7-10/h4-7H,3H2,1-2H3,(H,15,16,17). The van der Waals surface area contributed by atoms with Crippen LogP contribution in [0.25, 0.3) is 0 Å². The maximum Gasteiger partial charge on any atom is 0.322 e. The second kappa shape index (κ2) is 6.86. The van der Waals surface area contributed by atoms with Gasteiger partial charge in [-0.2, -0.15) is 4.98 Å². The number of nitrogens with zero attached hydrogens (tertiary/aromatic N) is 3. The van der Waals surface area contributed by atoms with Gasteiger partial charge < -0.3 is 5.32 Å². The summed E-state index contributed by atoms with van der Waals surface area (Å²) in [4.78, 5) is 20.0. The Morgan fingerprint density at radius 3 is 2.57 bits per heavy atom. The van der Waals surface area contributed by atoms with E-state index in [9.17, 15) is 10.1 Å². The average molecular weight is 369 g/mol. The van der Waals surface area contributed by atoms with Crippen molar-refractivity contribution in [2.45, 2.75) is 23.8 Å². The summed E-state index contributed by atoms with van der Waals surface area (Å²) in [6, 6.07) is 7.52. The van der Waals surface area contributed by atoms with Crippen molar-refractivity contribution in [3.63, 3.8) is 0 Å². The highest BCUT2D eigenvalue weighted by atomic mass is 79.9. The minimum absolute atomic E-state index is 0.0513. The summed E-state index contributed by atoms with van der Waals surface area (Å²) in [7, 11) is 0. The Balaban J connectivity index is 2.43. The smallest absolute Gasteiger partial charge is 0.322 e.